The van der Waals surface area contributed by atoms with Crippen LogP contribution in [-0.4, -0.2) is 31.7 Å². The number of fused-ring (bicyclic) bond motifs is 1. The topological polar surface area (TPSA) is 37.4 Å². The number of anilines is 2. The molecule has 5 heteroatoms. The lowest BCUT2D eigenvalue weighted by molar-refractivity contribution is 0.236. The van der Waals surface area contributed by atoms with Crippen molar-refractivity contribution in [3.05, 3.63) is 46.6 Å². The molecule has 1 aromatic heterocycles. The zero-order valence-corrected chi connectivity index (χ0v) is 17.6. The molecule has 0 saturated carbocycles. The van der Waals surface area contributed by atoms with Gasteiger partial charge in [0, 0.05) is 13.1 Å². The molecule has 1 aromatic carbocycles. The lowest BCUT2D eigenvalue weighted by atomic mass is 9.93. The van der Waals surface area contributed by atoms with Gasteiger partial charge in [0.25, 0.3) is 0 Å². The van der Waals surface area contributed by atoms with Crippen LogP contribution in [0.2, 0.25) is 5.02 Å². The van der Waals surface area contributed by atoms with Gasteiger partial charge in [0.15, 0.2) is 0 Å². The van der Waals surface area contributed by atoms with Crippen molar-refractivity contribution in [3.63, 3.8) is 0 Å². The minimum absolute atomic E-state index is 0.261. The lowest BCUT2D eigenvalue weighted by Gasteiger charge is -2.25. The van der Waals surface area contributed by atoms with Gasteiger partial charge in [-0.2, -0.15) is 0 Å². The van der Waals surface area contributed by atoms with Crippen molar-refractivity contribution < 1.29 is 4.74 Å². The maximum atomic E-state index is 6.59. The van der Waals surface area contributed by atoms with Crippen molar-refractivity contribution in [3.8, 4) is 5.88 Å². The molecule has 4 nitrogen and oxygen atoms in total. The number of nitrogens with zero attached hydrogens (tertiary/aromatic N) is 2. The molecule has 0 unspecified atom stereocenters. The van der Waals surface area contributed by atoms with E-state index in [9.17, 15) is 0 Å². The van der Waals surface area contributed by atoms with Crippen molar-refractivity contribution in [1.82, 2.24) is 10.3 Å². The molecule has 0 radical (unpaired) electrons. The summed E-state index contributed by atoms with van der Waals surface area (Å²) in [4.78, 5) is 6.62. The van der Waals surface area contributed by atoms with E-state index in [2.05, 4.69) is 49.1 Å². The Hall–Kier alpha value is -1.78. The Morgan fingerprint density at radius 3 is 2.63 bits per heavy atom. The normalized spacial score (nSPS) is 14.4. The molecular weight excluding hydrogens is 358 g/mol. The van der Waals surface area contributed by atoms with E-state index in [1.54, 1.807) is 0 Å². The fourth-order valence-electron chi connectivity index (χ4n) is 3.33. The van der Waals surface area contributed by atoms with E-state index in [1.807, 2.05) is 24.4 Å². The summed E-state index contributed by atoms with van der Waals surface area (Å²) in [6.07, 6.45) is 4.87. The van der Waals surface area contributed by atoms with Crippen LogP contribution >= 0.6 is 11.6 Å². The summed E-state index contributed by atoms with van der Waals surface area (Å²) in [6, 6.07) is 8.15. The van der Waals surface area contributed by atoms with Gasteiger partial charge in [-0.3, -0.25) is 0 Å². The van der Waals surface area contributed by atoms with Gasteiger partial charge in [-0.25, -0.2) is 4.98 Å². The number of nitrogens with one attached hydrogen (secondary N) is 1. The first-order valence-electron chi connectivity index (χ1n) is 9.69. The zero-order valence-electron chi connectivity index (χ0n) is 16.8. The van der Waals surface area contributed by atoms with Gasteiger partial charge in [-0.15, -0.1) is 0 Å². The SMILES string of the molecule is CN(c1ccc(OCCC(C)(C)C)nc1)c1c(Cl)ccc2c1CCNCC2. The van der Waals surface area contributed by atoms with E-state index >= 15 is 0 Å². The van der Waals surface area contributed by atoms with Crippen LogP contribution in [0.25, 0.3) is 0 Å². The number of rotatable bonds is 5. The molecule has 1 N–H and O–H groups in total. The maximum Gasteiger partial charge on any atom is 0.213 e. The van der Waals surface area contributed by atoms with Crippen LogP contribution in [0.5, 0.6) is 5.88 Å². The fraction of sp³-hybridized carbons (Fsp3) is 0.500. The zero-order chi connectivity index (χ0) is 19.4. The van der Waals surface area contributed by atoms with Gasteiger partial charge >= 0.3 is 0 Å². The van der Waals surface area contributed by atoms with Gasteiger partial charge in [-0.1, -0.05) is 38.4 Å². The molecule has 27 heavy (non-hydrogen) atoms. The van der Waals surface area contributed by atoms with E-state index in [1.165, 1.54) is 11.1 Å². The number of aromatic nitrogens is 1. The molecule has 2 aromatic rings. The number of halogens is 1. The minimum Gasteiger partial charge on any atom is -0.478 e. The van der Waals surface area contributed by atoms with Crippen molar-refractivity contribution >= 4 is 23.0 Å². The van der Waals surface area contributed by atoms with Gasteiger partial charge in [0.1, 0.15) is 0 Å². The van der Waals surface area contributed by atoms with Crippen LogP contribution in [0.15, 0.2) is 30.5 Å². The highest BCUT2D eigenvalue weighted by Crippen LogP contribution is 2.37. The molecule has 0 atom stereocenters. The third-order valence-electron chi connectivity index (χ3n) is 5.00. The second-order valence-corrected chi connectivity index (χ2v) is 8.76. The smallest absolute Gasteiger partial charge is 0.213 e. The van der Waals surface area contributed by atoms with Gasteiger partial charge in [0.2, 0.25) is 5.88 Å². The average molecular weight is 388 g/mol. The number of benzene rings is 1. The predicted octanol–water partition coefficient (Wildman–Crippen LogP) is 5.01. The van der Waals surface area contributed by atoms with Gasteiger partial charge in [0.05, 0.1) is 29.2 Å². The molecule has 0 amide bonds. The Morgan fingerprint density at radius 2 is 1.93 bits per heavy atom. The van der Waals surface area contributed by atoms with Gasteiger partial charge < -0.3 is 15.0 Å². The summed E-state index contributed by atoms with van der Waals surface area (Å²) in [5.41, 5.74) is 5.06. The fourth-order valence-corrected chi connectivity index (χ4v) is 3.64. The highest BCUT2D eigenvalue weighted by atomic mass is 35.5. The van der Waals surface area contributed by atoms with E-state index in [-0.39, 0.29) is 5.41 Å². The molecule has 0 spiro atoms. The number of ether oxygens (including phenoxy) is 1. The highest BCUT2D eigenvalue weighted by molar-refractivity contribution is 6.33. The van der Waals surface area contributed by atoms with E-state index in [4.69, 9.17) is 16.3 Å². The molecule has 3 rings (SSSR count). The molecule has 0 bridgehead atoms. The van der Waals surface area contributed by atoms with Crippen molar-refractivity contribution in [1.29, 1.82) is 0 Å². The standard InChI is InChI=1S/C22H30ClN3O/c1-22(2,3)11-14-27-20-8-6-17(15-25-20)26(4)21-18-10-13-24-12-9-16(18)5-7-19(21)23/h5-8,15,24H,9-14H2,1-4H3. The van der Waals surface area contributed by atoms with E-state index in [0.29, 0.717) is 12.5 Å². The molecule has 146 valence electrons. The lowest BCUT2D eigenvalue weighted by Crippen LogP contribution is -2.17. The van der Waals surface area contributed by atoms with Crippen molar-refractivity contribution in [2.75, 3.05) is 31.6 Å². The number of hydrogen-bond donors (Lipinski definition) is 1. The summed E-state index contributed by atoms with van der Waals surface area (Å²) in [5.74, 6) is 0.665. The first-order valence-corrected chi connectivity index (χ1v) is 10.1. The van der Waals surface area contributed by atoms with E-state index < -0.39 is 0 Å². The molecule has 0 saturated heterocycles. The quantitative estimate of drug-likeness (QED) is 0.782. The number of hydrogen-bond acceptors (Lipinski definition) is 4. The van der Waals surface area contributed by atoms with Crippen molar-refractivity contribution in [2.24, 2.45) is 5.41 Å². The highest BCUT2D eigenvalue weighted by Gasteiger charge is 2.19. The molecule has 1 aliphatic rings. The molecule has 0 fully saturated rings. The molecule has 1 aliphatic heterocycles. The number of pyridine rings is 1. The molecular formula is C22H30ClN3O. The van der Waals surface area contributed by atoms with Gasteiger partial charge in [-0.05, 0) is 61.0 Å². The Bertz CT molecular complexity index is 768. The largest absolute Gasteiger partial charge is 0.478 e. The van der Waals surface area contributed by atoms with Crippen LogP contribution < -0.4 is 15.0 Å². The van der Waals surface area contributed by atoms with Crippen molar-refractivity contribution in [2.45, 2.75) is 40.0 Å². The molecule has 2 heterocycles. The van der Waals surface area contributed by atoms with Crippen LogP contribution in [-0.2, 0) is 12.8 Å². The van der Waals surface area contributed by atoms with Crippen LogP contribution in [0.3, 0.4) is 0 Å². The van der Waals surface area contributed by atoms with E-state index in [0.717, 1.165) is 48.7 Å². The average Bonchev–Trinajstić information content (AvgIpc) is 2.86. The second-order valence-electron chi connectivity index (χ2n) is 8.36. The summed E-state index contributed by atoms with van der Waals surface area (Å²) >= 11 is 6.59. The predicted molar refractivity (Wildman–Crippen MR) is 114 cm³/mol. The first kappa shape index (κ1) is 20.0. The summed E-state index contributed by atoms with van der Waals surface area (Å²) in [5, 5.41) is 4.25. The van der Waals surface area contributed by atoms with Crippen LogP contribution in [0.4, 0.5) is 11.4 Å². The summed E-state index contributed by atoms with van der Waals surface area (Å²) in [7, 11) is 2.05. The Balaban J connectivity index is 1.77. The summed E-state index contributed by atoms with van der Waals surface area (Å²) < 4.78 is 5.79. The monoisotopic (exact) mass is 387 g/mol. The molecule has 0 aliphatic carbocycles. The Morgan fingerprint density at radius 1 is 1.15 bits per heavy atom. The third-order valence-corrected chi connectivity index (χ3v) is 5.30. The first-order chi connectivity index (χ1) is 12.8. The summed E-state index contributed by atoms with van der Waals surface area (Å²) in [6.45, 7) is 9.31. The third kappa shape index (κ3) is 5.14. The van der Waals surface area contributed by atoms with Crippen LogP contribution in [0, 0.1) is 5.41 Å². The maximum absolute atomic E-state index is 6.59. The minimum atomic E-state index is 0.261. The second kappa shape index (κ2) is 8.49. The Labute approximate surface area is 167 Å². The Kier molecular flexibility index (Phi) is 6.28. The van der Waals surface area contributed by atoms with Crippen LogP contribution in [0.1, 0.15) is 38.3 Å².